The Morgan fingerprint density at radius 1 is 0.297 bits per heavy atom. The number of carbonyl (C=O) groups is 4. The molecule has 0 saturated heterocycles. The van der Waals surface area contributed by atoms with Gasteiger partial charge in [0.1, 0.15) is 19.3 Å². The number of hydrogen-bond donors (Lipinski definition) is 3. The van der Waals surface area contributed by atoms with E-state index in [0.29, 0.717) is 31.6 Å². The Hall–Kier alpha value is -1.94. The van der Waals surface area contributed by atoms with E-state index in [-0.39, 0.29) is 25.7 Å². The number of esters is 4. The fourth-order valence-electron chi connectivity index (χ4n) is 10.9. The molecule has 0 aromatic rings. The number of carbonyl (C=O) groups excluding carboxylic acids is 4. The van der Waals surface area contributed by atoms with Crippen LogP contribution < -0.4 is 0 Å². The van der Waals surface area contributed by atoms with E-state index < -0.39 is 97.5 Å². The largest absolute Gasteiger partial charge is 0.472 e. The molecule has 17 nitrogen and oxygen atoms in total. The molecule has 0 saturated carbocycles. The van der Waals surface area contributed by atoms with Gasteiger partial charge >= 0.3 is 39.5 Å². The van der Waals surface area contributed by atoms with E-state index in [1.165, 1.54) is 167 Å². The third kappa shape index (κ3) is 66.5. The summed E-state index contributed by atoms with van der Waals surface area (Å²) in [4.78, 5) is 72.6. The first-order valence-corrected chi connectivity index (χ1v) is 40.3. The molecule has 0 fully saturated rings. The van der Waals surface area contributed by atoms with Crippen LogP contribution in [0.25, 0.3) is 0 Å². The van der Waals surface area contributed by atoms with Crippen LogP contribution in [0.15, 0.2) is 0 Å². The topological polar surface area (TPSA) is 237 Å². The molecule has 0 heterocycles. The number of ether oxygens (including phenoxy) is 4. The van der Waals surface area contributed by atoms with E-state index in [4.69, 9.17) is 37.0 Å². The number of phosphoric ester groups is 2. The first kappa shape index (κ1) is 89.1. The van der Waals surface area contributed by atoms with Gasteiger partial charge < -0.3 is 33.8 Å². The van der Waals surface area contributed by atoms with Crippen LogP contribution >= 0.6 is 15.6 Å². The molecule has 3 N–H and O–H groups in total. The predicted molar refractivity (Wildman–Crippen MR) is 368 cm³/mol. The summed E-state index contributed by atoms with van der Waals surface area (Å²) in [5.41, 5.74) is 0. The van der Waals surface area contributed by atoms with Gasteiger partial charge in [-0.3, -0.25) is 37.3 Å². The zero-order chi connectivity index (χ0) is 67.3. The normalized spacial score (nSPS) is 14.2. The summed E-state index contributed by atoms with van der Waals surface area (Å²) in [5.74, 6) is 0.0862. The number of hydrogen-bond acceptors (Lipinski definition) is 15. The van der Waals surface area contributed by atoms with E-state index in [1.807, 2.05) is 0 Å². The highest BCUT2D eigenvalue weighted by molar-refractivity contribution is 7.47. The van der Waals surface area contributed by atoms with Crippen LogP contribution in [0.2, 0.25) is 0 Å². The van der Waals surface area contributed by atoms with Crippen LogP contribution in [-0.4, -0.2) is 96.7 Å². The molecule has 0 aliphatic carbocycles. The minimum atomic E-state index is -4.95. The molecule has 0 amide bonds. The van der Waals surface area contributed by atoms with Crippen molar-refractivity contribution in [3.05, 3.63) is 0 Å². The van der Waals surface area contributed by atoms with Gasteiger partial charge in [-0.1, -0.05) is 312 Å². The van der Waals surface area contributed by atoms with Crippen LogP contribution in [0.1, 0.15) is 363 Å². The number of phosphoric acid groups is 2. The molecule has 5 atom stereocenters. The van der Waals surface area contributed by atoms with Crippen molar-refractivity contribution in [2.45, 2.75) is 381 Å². The second-order valence-electron chi connectivity index (χ2n) is 27.4. The highest BCUT2D eigenvalue weighted by Gasteiger charge is 2.30. The molecule has 0 radical (unpaired) electrons. The summed E-state index contributed by atoms with van der Waals surface area (Å²) in [6, 6.07) is 0. The summed E-state index contributed by atoms with van der Waals surface area (Å²) in [7, 11) is -9.90. The van der Waals surface area contributed by atoms with Gasteiger partial charge in [0.15, 0.2) is 12.2 Å². The Bertz CT molecular complexity index is 1780. The van der Waals surface area contributed by atoms with Crippen molar-refractivity contribution in [2.24, 2.45) is 17.8 Å². The average Bonchev–Trinajstić information content (AvgIpc) is 2.77. The second kappa shape index (κ2) is 62.8. The van der Waals surface area contributed by atoms with Crippen LogP contribution in [0.3, 0.4) is 0 Å². The molecular weight excluding hydrogens is 1200 g/mol. The van der Waals surface area contributed by atoms with Crippen LogP contribution in [-0.2, 0) is 65.4 Å². The number of aliphatic hydroxyl groups excluding tert-OH is 1. The molecule has 19 heteroatoms. The molecule has 91 heavy (non-hydrogen) atoms. The monoisotopic (exact) mass is 1340 g/mol. The Morgan fingerprint density at radius 3 is 0.747 bits per heavy atom. The van der Waals surface area contributed by atoms with Gasteiger partial charge in [-0.05, 0) is 43.4 Å². The molecular formula is C72H140O17P2. The van der Waals surface area contributed by atoms with E-state index >= 15 is 0 Å². The lowest BCUT2D eigenvalue weighted by atomic mass is 10.0. The Balaban J connectivity index is 5.24. The predicted octanol–water partition coefficient (Wildman–Crippen LogP) is 20.6. The molecule has 0 aliphatic heterocycles. The molecule has 0 aromatic carbocycles. The maximum atomic E-state index is 13.0. The molecule has 0 aromatic heterocycles. The average molecular weight is 1340 g/mol. The van der Waals surface area contributed by atoms with Gasteiger partial charge in [0, 0.05) is 25.7 Å². The third-order valence-corrected chi connectivity index (χ3v) is 18.5. The van der Waals surface area contributed by atoms with E-state index in [1.54, 1.807) is 0 Å². The van der Waals surface area contributed by atoms with Crippen molar-refractivity contribution in [3.63, 3.8) is 0 Å². The first-order valence-electron chi connectivity index (χ1n) is 37.3. The Kier molecular flexibility index (Phi) is 61.5. The number of unbranched alkanes of at least 4 members (excludes halogenated alkanes) is 38. The summed E-state index contributed by atoms with van der Waals surface area (Å²) in [5, 5.41) is 10.6. The molecule has 0 rings (SSSR count). The Labute approximate surface area is 556 Å². The standard InChI is InChI=1S/C72H140O17P2/c1-8-9-10-11-12-13-14-17-21-26-31-39-46-53-69(74)82-59-67(88-71(76)55-48-41-32-27-22-19-16-15-18-20-24-29-36-43-50-63(2)3)61-86-90(78,79)84-57-66(73)58-85-91(80,81)87-62-68(60-83-70(75)54-47-40-35-34-38-45-52-65(6)7)89-72(77)56-49-42-33-28-23-25-30-37-44-51-64(4)5/h63-68,73H,8-62H2,1-7H3,(H,78,79)(H,80,81)/t66-,67-,68-/m1/s1. The van der Waals surface area contributed by atoms with Crippen LogP contribution in [0, 0.1) is 17.8 Å². The molecule has 540 valence electrons. The van der Waals surface area contributed by atoms with E-state index in [0.717, 1.165) is 108 Å². The summed E-state index contributed by atoms with van der Waals surface area (Å²) >= 11 is 0. The van der Waals surface area contributed by atoms with Crippen molar-refractivity contribution in [2.75, 3.05) is 39.6 Å². The van der Waals surface area contributed by atoms with Gasteiger partial charge in [-0.25, -0.2) is 9.13 Å². The molecule has 0 aliphatic rings. The highest BCUT2D eigenvalue weighted by Crippen LogP contribution is 2.45. The number of rotatable bonds is 70. The summed E-state index contributed by atoms with van der Waals surface area (Å²) < 4.78 is 68.3. The quantitative estimate of drug-likeness (QED) is 0.0222. The van der Waals surface area contributed by atoms with E-state index in [9.17, 15) is 43.2 Å². The second-order valence-corrected chi connectivity index (χ2v) is 30.3. The smallest absolute Gasteiger partial charge is 0.462 e. The SMILES string of the molecule is CCCCCCCCCCCCCCCC(=O)OC[C@H](COP(=O)(O)OC[C@@H](O)COP(=O)(O)OC[C@@H](COC(=O)CCCCCCCCC(C)C)OC(=O)CCCCCCCCCCCC(C)C)OC(=O)CCCCCCCCCCCCCCCCC(C)C. The molecule has 0 bridgehead atoms. The van der Waals surface area contributed by atoms with Crippen molar-refractivity contribution in [3.8, 4) is 0 Å². The van der Waals surface area contributed by atoms with Gasteiger partial charge in [-0.15, -0.1) is 0 Å². The Morgan fingerprint density at radius 2 is 0.505 bits per heavy atom. The fourth-order valence-corrected chi connectivity index (χ4v) is 12.5. The zero-order valence-electron chi connectivity index (χ0n) is 59.3. The van der Waals surface area contributed by atoms with Crippen molar-refractivity contribution in [1.29, 1.82) is 0 Å². The van der Waals surface area contributed by atoms with Gasteiger partial charge in [0.25, 0.3) is 0 Å². The number of aliphatic hydroxyl groups is 1. The summed E-state index contributed by atoms with van der Waals surface area (Å²) in [6.07, 6.45) is 47.3. The minimum Gasteiger partial charge on any atom is -0.462 e. The first-order chi connectivity index (χ1) is 43.7. The van der Waals surface area contributed by atoms with Crippen LogP contribution in [0.5, 0.6) is 0 Å². The fraction of sp³-hybridized carbons (Fsp3) is 0.944. The lowest BCUT2D eigenvalue weighted by molar-refractivity contribution is -0.161. The van der Waals surface area contributed by atoms with Gasteiger partial charge in [0.2, 0.25) is 0 Å². The van der Waals surface area contributed by atoms with Crippen molar-refractivity contribution >= 4 is 39.5 Å². The maximum absolute atomic E-state index is 13.0. The lowest BCUT2D eigenvalue weighted by Crippen LogP contribution is -2.30. The maximum Gasteiger partial charge on any atom is 0.472 e. The van der Waals surface area contributed by atoms with Crippen molar-refractivity contribution in [1.82, 2.24) is 0 Å². The highest BCUT2D eigenvalue weighted by atomic mass is 31.2. The van der Waals surface area contributed by atoms with Gasteiger partial charge in [0.05, 0.1) is 26.4 Å². The minimum absolute atomic E-state index is 0.104. The third-order valence-electron chi connectivity index (χ3n) is 16.6. The van der Waals surface area contributed by atoms with E-state index in [2.05, 4.69) is 48.5 Å². The van der Waals surface area contributed by atoms with Gasteiger partial charge in [-0.2, -0.15) is 0 Å². The van der Waals surface area contributed by atoms with Crippen molar-refractivity contribution < 1.29 is 80.2 Å². The lowest BCUT2D eigenvalue weighted by Gasteiger charge is -2.21. The summed E-state index contributed by atoms with van der Waals surface area (Å²) in [6.45, 7) is 11.8. The molecule has 2 unspecified atom stereocenters. The van der Waals surface area contributed by atoms with Crippen LogP contribution in [0.4, 0.5) is 0 Å². The molecule has 0 spiro atoms. The zero-order valence-corrected chi connectivity index (χ0v) is 61.1.